The Balaban J connectivity index is 2.08. The Morgan fingerprint density at radius 3 is 2.50 bits per heavy atom. The summed E-state index contributed by atoms with van der Waals surface area (Å²) >= 11 is 0. The van der Waals surface area contributed by atoms with Crippen LogP contribution >= 0.6 is 0 Å². The predicted molar refractivity (Wildman–Crippen MR) is 99.4 cm³/mol. The molecule has 28 heavy (non-hydrogen) atoms. The molecule has 1 atom stereocenters. The Kier molecular flexibility index (Phi) is 6.91. The van der Waals surface area contributed by atoms with E-state index < -0.39 is 28.6 Å². The van der Waals surface area contributed by atoms with Gasteiger partial charge in [-0.1, -0.05) is 18.2 Å². The fourth-order valence-electron chi connectivity index (χ4n) is 2.42. The first-order valence-electron chi connectivity index (χ1n) is 8.30. The minimum absolute atomic E-state index is 0.00910. The van der Waals surface area contributed by atoms with Gasteiger partial charge < -0.3 is 19.5 Å². The number of nitrogens with one attached hydrogen (secondary N) is 1. The Bertz CT molecular complexity index is 882. The van der Waals surface area contributed by atoms with Crippen molar-refractivity contribution in [1.82, 2.24) is 5.32 Å². The lowest BCUT2D eigenvalue weighted by Crippen LogP contribution is -2.36. The van der Waals surface area contributed by atoms with Crippen LogP contribution in [0.25, 0.3) is 0 Å². The van der Waals surface area contributed by atoms with Gasteiger partial charge in [-0.2, -0.15) is 0 Å². The Morgan fingerprint density at radius 2 is 1.86 bits per heavy atom. The molecule has 0 aliphatic heterocycles. The van der Waals surface area contributed by atoms with Gasteiger partial charge in [-0.25, -0.2) is 4.79 Å². The smallest absolute Gasteiger partial charge is 0.338 e. The fraction of sp³-hybridized carbons (Fsp3) is 0.263. The molecule has 0 saturated heterocycles. The van der Waals surface area contributed by atoms with Gasteiger partial charge >= 0.3 is 11.7 Å². The summed E-state index contributed by atoms with van der Waals surface area (Å²) in [5, 5.41) is 14.0. The minimum Gasteiger partial charge on any atom is -0.496 e. The number of amides is 1. The highest BCUT2D eigenvalue weighted by Crippen LogP contribution is 2.29. The maximum absolute atomic E-state index is 12.3. The summed E-state index contributed by atoms with van der Waals surface area (Å²) in [5.74, 6) is -0.669. The highest BCUT2D eigenvalue weighted by molar-refractivity contribution is 5.90. The van der Waals surface area contributed by atoms with Crippen LogP contribution in [0.2, 0.25) is 0 Å². The van der Waals surface area contributed by atoms with E-state index in [1.54, 1.807) is 12.1 Å². The monoisotopic (exact) mass is 388 g/mol. The van der Waals surface area contributed by atoms with Gasteiger partial charge in [0.25, 0.3) is 5.91 Å². The lowest BCUT2D eigenvalue weighted by Gasteiger charge is -2.16. The number of esters is 1. The zero-order valence-corrected chi connectivity index (χ0v) is 15.6. The zero-order valence-electron chi connectivity index (χ0n) is 15.6. The molecule has 2 aromatic carbocycles. The minimum atomic E-state index is -1.00. The summed E-state index contributed by atoms with van der Waals surface area (Å²) in [5.41, 5.74) is 0.348. The lowest BCUT2D eigenvalue weighted by atomic mass is 10.2. The van der Waals surface area contributed by atoms with Crippen molar-refractivity contribution in [3.05, 3.63) is 63.7 Å². The van der Waals surface area contributed by atoms with Crippen molar-refractivity contribution < 1.29 is 28.7 Å². The first kappa shape index (κ1) is 20.7. The Morgan fingerprint density at radius 1 is 1.14 bits per heavy atom. The second kappa shape index (κ2) is 9.36. The quantitative estimate of drug-likeness (QED) is 0.419. The molecule has 0 spiro atoms. The lowest BCUT2D eigenvalue weighted by molar-refractivity contribution is -0.386. The molecule has 1 N–H and O–H groups in total. The van der Waals surface area contributed by atoms with Gasteiger partial charge in [0.2, 0.25) is 0 Å². The number of methoxy groups -OCH3 is 2. The molecule has 0 aromatic heterocycles. The summed E-state index contributed by atoms with van der Waals surface area (Å²) in [6, 6.07) is 10.8. The van der Waals surface area contributed by atoms with E-state index in [-0.39, 0.29) is 17.9 Å². The number of rotatable bonds is 8. The molecule has 0 fully saturated rings. The molecule has 2 aromatic rings. The number of ether oxygens (including phenoxy) is 3. The third-order valence-corrected chi connectivity index (χ3v) is 3.90. The number of nitro benzene ring substituents is 1. The molecule has 148 valence electrons. The van der Waals surface area contributed by atoms with Gasteiger partial charge in [0, 0.05) is 18.2 Å². The zero-order chi connectivity index (χ0) is 20.7. The molecule has 9 heteroatoms. The van der Waals surface area contributed by atoms with Crippen LogP contribution in [0.5, 0.6) is 11.5 Å². The largest absolute Gasteiger partial charge is 0.496 e. The molecular weight excluding hydrogens is 368 g/mol. The number of para-hydroxylation sites is 1. The van der Waals surface area contributed by atoms with Crippen molar-refractivity contribution in [3.63, 3.8) is 0 Å². The molecule has 0 bridgehead atoms. The number of nitro groups is 1. The predicted octanol–water partition coefficient (Wildman–Crippen LogP) is 2.47. The Hall–Kier alpha value is -3.62. The first-order valence-corrected chi connectivity index (χ1v) is 8.30. The van der Waals surface area contributed by atoms with Crippen molar-refractivity contribution >= 4 is 17.6 Å². The number of nitrogens with zero attached hydrogens (tertiary/aromatic N) is 1. The second-order valence-electron chi connectivity index (χ2n) is 5.72. The second-order valence-corrected chi connectivity index (χ2v) is 5.72. The summed E-state index contributed by atoms with van der Waals surface area (Å²) in [4.78, 5) is 34.4. The van der Waals surface area contributed by atoms with Gasteiger partial charge in [0.15, 0.2) is 11.9 Å². The van der Waals surface area contributed by atoms with E-state index in [0.29, 0.717) is 5.75 Å². The molecule has 0 saturated carbocycles. The number of carbonyl (C=O) groups excluding carboxylic acids is 2. The number of hydrogen-bond acceptors (Lipinski definition) is 7. The molecule has 0 aliphatic carbocycles. The summed E-state index contributed by atoms with van der Waals surface area (Å²) < 4.78 is 15.2. The maximum atomic E-state index is 12.3. The highest BCUT2D eigenvalue weighted by atomic mass is 16.6. The van der Waals surface area contributed by atoms with E-state index in [9.17, 15) is 19.7 Å². The van der Waals surface area contributed by atoms with Crippen molar-refractivity contribution in [3.8, 4) is 11.5 Å². The molecule has 0 aliphatic rings. The summed E-state index contributed by atoms with van der Waals surface area (Å²) in [7, 11) is 2.70. The maximum Gasteiger partial charge on any atom is 0.338 e. The van der Waals surface area contributed by atoms with Gasteiger partial charge in [-0.3, -0.25) is 14.9 Å². The van der Waals surface area contributed by atoms with Crippen LogP contribution in [-0.4, -0.2) is 37.1 Å². The van der Waals surface area contributed by atoms with E-state index >= 15 is 0 Å². The number of hydrogen-bond donors (Lipinski definition) is 1. The van der Waals surface area contributed by atoms with E-state index in [4.69, 9.17) is 9.47 Å². The van der Waals surface area contributed by atoms with Gasteiger partial charge in [0.1, 0.15) is 5.75 Å². The number of benzene rings is 2. The molecule has 0 unspecified atom stereocenters. The van der Waals surface area contributed by atoms with Gasteiger partial charge in [-0.05, 0) is 25.1 Å². The standard InChI is InChI=1S/C19H20N2O7/c1-12(18(22)20-11-14-6-4-5-7-16(14)26-2)28-17-9-8-13(19(23)27-3)10-15(17)21(24)25/h4-10,12H,11H2,1-3H3,(H,20,22)/t12-/m1/s1. The first-order chi connectivity index (χ1) is 13.4. The fourth-order valence-corrected chi connectivity index (χ4v) is 2.42. The van der Waals surface area contributed by atoms with E-state index in [1.807, 2.05) is 12.1 Å². The van der Waals surface area contributed by atoms with Crippen LogP contribution in [-0.2, 0) is 16.1 Å². The van der Waals surface area contributed by atoms with Crippen LogP contribution in [0, 0.1) is 10.1 Å². The average molecular weight is 388 g/mol. The third-order valence-electron chi connectivity index (χ3n) is 3.90. The summed E-state index contributed by atoms with van der Waals surface area (Å²) in [6.07, 6.45) is -1.00. The SMILES string of the molecule is COC(=O)c1ccc(O[C@H](C)C(=O)NCc2ccccc2OC)c([N+](=O)[O-])c1. The Labute approximate surface area is 161 Å². The molecule has 0 radical (unpaired) electrons. The van der Waals surface area contributed by atoms with Crippen LogP contribution in [0.3, 0.4) is 0 Å². The third kappa shape index (κ3) is 4.97. The van der Waals surface area contributed by atoms with Crippen LogP contribution in [0.15, 0.2) is 42.5 Å². The van der Waals surface area contributed by atoms with Crippen molar-refractivity contribution in [1.29, 1.82) is 0 Å². The van der Waals surface area contributed by atoms with Gasteiger partial charge in [-0.15, -0.1) is 0 Å². The van der Waals surface area contributed by atoms with E-state index in [1.165, 1.54) is 33.3 Å². The van der Waals surface area contributed by atoms with E-state index in [2.05, 4.69) is 10.1 Å². The molecule has 9 nitrogen and oxygen atoms in total. The van der Waals surface area contributed by atoms with Crippen molar-refractivity contribution in [2.45, 2.75) is 19.6 Å². The molecule has 1 amide bonds. The average Bonchev–Trinajstić information content (AvgIpc) is 2.71. The van der Waals surface area contributed by atoms with Crippen LogP contribution in [0.1, 0.15) is 22.8 Å². The van der Waals surface area contributed by atoms with Gasteiger partial charge in [0.05, 0.1) is 24.7 Å². The van der Waals surface area contributed by atoms with E-state index in [0.717, 1.165) is 11.6 Å². The van der Waals surface area contributed by atoms with Crippen molar-refractivity contribution in [2.24, 2.45) is 0 Å². The topological polar surface area (TPSA) is 117 Å². The van der Waals surface area contributed by atoms with Crippen LogP contribution < -0.4 is 14.8 Å². The molecule has 0 heterocycles. The summed E-state index contributed by atoms with van der Waals surface area (Å²) in [6.45, 7) is 1.68. The number of carbonyl (C=O) groups is 2. The molecule has 2 rings (SSSR count). The highest BCUT2D eigenvalue weighted by Gasteiger charge is 2.23. The normalized spacial score (nSPS) is 11.2. The molecular formula is C19H20N2O7. The van der Waals surface area contributed by atoms with Crippen molar-refractivity contribution in [2.75, 3.05) is 14.2 Å². The van der Waals surface area contributed by atoms with Crippen LogP contribution in [0.4, 0.5) is 5.69 Å².